The van der Waals surface area contributed by atoms with Gasteiger partial charge in [0.05, 0.1) is 33.0 Å². The molecule has 0 aliphatic rings. The predicted octanol–water partition coefficient (Wildman–Crippen LogP) is 14.3. The van der Waals surface area contributed by atoms with Crippen LogP contribution in [0.1, 0.15) is 143 Å². The van der Waals surface area contributed by atoms with Gasteiger partial charge >= 0.3 is 0 Å². The number of fused-ring (bicyclic) bond motifs is 8. The average Bonchev–Trinajstić information content (AvgIpc) is 3.63. The number of oxazole rings is 1. The van der Waals surface area contributed by atoms with Crippen molar-refractivity contribution in [2.45, 2.75) is 144 Å². The highest BCUT2D eigenvalue weighted by atomic mass is 16.5. The van der Waals surface area contributed by atoms with Gasteiger partial charge in [-0.3, -0.25) is 0 Å². The highest BCUT2D eigenvalue weighted by Gasteiger charge is 2.23. The quantitative estimate of drug-likeness (QED) is 0.0286. The second-order valence-electron chi connectivity index (χ2n) is 14.9. The van der Waals surface area contributed by atoms with Crippen molar-refractivity contribution in [1.82, 2.24) is 4.98 Å². The predicted molar refractivity (Wildman–Crippen MR) is 230 cm³/mol. The molecule has 0 radical (unpaired) electrons. The Kier molecular flexibility index (Phi) is 17.1. The van der Waals surface area contributed by atoms with Crippen LogP contribution in [0.4, 0.5) is 0 Å². The summed E-state index contributed by atoms with van der Waals surface area (Å²) in [7, 11) is 0. The Morgan fingerprint density at radius 1 is 0.491 bits per heavy atom. The molecule has 5 rings (SSSR count). The van der Waals surface area contributed by atoms with E-state index in [0.29, 0.717) is 56.7 Å². The van der Waals surface area contributed by atoms with E-state index >= 15 is 0 Å². The van der Waals surface area contributed by atoms with E-state index in [1.54, 1.807) is 0 Å². The van der Waals surface area contributed by atoms with Crippen molar-refractivity contribution in [2.75, 3.05) is 33.0 Å². The molecule has 0 saturated carbocycles. The molecule has 0 amide bonds. The summed E-state index contributed by atoms with van der Waals surface area (Å²) >= 11 is 0. The van der Waals surface area contributed by atoms with E-state index in [0.717, 1.165) is 164 Å². The molecule has 0 aliphatic carbocycles. The smallest absolute Gasteiger partial charge is 0.197 e. The maximum absolute atomic E-state index is 6.57. The van der Waals surface area contributed by atoms with Gasteiger partial charge in [0, 0.05) is 11.8 Å². The number of rotatable bonds is 28. The fraction of sp³-hybridized carbons (Fsp3) is 0.562. The zero-order valence-electron chi connectivity index (χ0n) is 34.6. The van der Waals surface area contributed by atoms with Crippen molar-refractivity contribution in [2.24, 2.45) is 0 Å². The van der Waals surface area contributed by atoms with Gasteiger partial charge in [-0.1, -0.05) is 105 Å². The summed E-state index contributed by atoms with van der Waals surface area (Å²) < 4.78 is 39.4. The molecule has 0 fully saturated rings. The lowest BCUT2D eigenvalue weighted by molar-refractivity contribution is 0.260. The van der Waals surface area contributed by atoms with Gasteiger partial charge in [-0.05, 0) is 95.8 Å². The van der Waals surface area contributed by atoms with E-state index < -0.39 is 0 Å². The third-order valence-electron chi connectivity index (χ3n) is 10.3. The van der Waals surface area contributed by atoms with Gasteiger partial charge < -0.3 is 28.1 Å². The lowest BCUT2D eigenvalue weighted by Crippen LogP contribution is -2.04. The molecular weight excluding hydrogens is 687 g/mol. The van der Waals surface area contributed by atoms with Crippen LogP contribution in [0, 0.1) is 0 Å². The number of allylic oxidation sites excluding steroid dienone is 1. The summed E-state index contributed by atoms with van der Waals surface area (Å²) in [6, 6.07) is 10.9. The first-order valence-electron chi connectivity index (χ1n) is 21.7. The topological polar surface area (TPSA) is 72.2 Å². The number of hydrogen-bond donors (Lipinski definition) is 0. The first-order valence-corrected chi connectivity index (χ1v) is 21.7. The molecule has 0 N–H and O–H groups in total. The summed E-state index contributed by atoms with van der Waals surface area (Å²) in [6.45, 7) is 18.2. The number of benzene rings is 4. The maximum atomic E-state index is 6.57. The first-order chi connectivity index (χ1) is 27.1. The molecule has 7 nitrogen and oxygen atoms in total. The Labute approximate surface area is 330 Å². The second kappa shape index (κ2) is 22.4. The van der Waals surface area contributed by atoms with E-state index in [1.807, 2.05) is 6.08 Å². The monoisotopic (exact) mass is 753 g/mol. The van der Waals surface area contributed by atoms with E-state index in [9.17, 15) is 0 Å². The third kappa shape index (κ3) is 11.0. The molecule has 0 spiro atoms. The molecule has 5 aromatic rings. The molecule has 0 bridgehead atoms. The van der Waals surface area contributed by atoms with Crippen LogP contribution in [-0.4, -0.2) is 38.0 Å². The Hall–Kier alpha value is -4.13. The van der Waals surface area contributed by atoms with Crippen LogP contribution in [0.15, 0.2) is 47.4 Å². The van der Waals surface area contributed by atoms with Crippen LogP contribution in [0.3, 0.4) is 0 Å². The maximum Gasteiger partial charge on any atom is 0.197 e. The van der Waals surface area contributed by atoms with Crippen molar-refractivity contribution in [3.63, 3.8) is 0 Å². The molecule has 0 atom stereocenters. The zero-order chi connectivity index (χ0) is 38.8. The van der Waals surface area contributed by atoms with Crippen molar-refractivity contribution in [1.29, 1.82) is 0 Å². The summed E-state index contributed by atoms with van der Waals surface area (Å²) in [5.41, 5.74) is 1.48. The third-order valence-corrected chi connectivity index (χ3v) is 10.3. The van der Waals surface area contributed by atoms with Gasteiger partial charge in [0.1, 0.15) is 5.52 Å². The Morgan fingerprint density at radius 3 is 1.22 bits per heavy atom. The Bertz CT molecular complexity index is 1900. The van der Waals surface area contributed by atoms with Gasteiger partial charge in [-0.2, -0.15) is 0 Å². The molecule has 4 aromatic carbocycles. The largest absolute Gasteiger partial charge is 0.490 e. The highest BCUT2D eigenvalue weighted by Crippen LogP contribution is 2.48. The molecule has 1 aromatic heterocycles. The highest BCUT2D eigenvalue weighted by molar-refractivity contribution is 6.31. The first kappa shape index (κ1) is 42.0. The molecule has 7 heteroatoms. The lowest BCUT2D eigenvalue weighted by atomic mass is 9.92. The molecule has 0 saturated heterocycles. The number of aromatic nitrogens is 1. The average molecular weight is 754 g/mol. The van der Waals surface area contributed by atoms with Crippen LogP contribution >= 0.6 is 0 Å². The van der Waals surface area contributed by atoms with Gasteiger partial charge in [-0.15, -0.1) is 6.58 Å². The van der Waals surface area contributed by atoms with Crippen molar-refractivity contribution in [3.05, 3.63) is 48.9 Å². The standard InChI is InChI=1S/C48H67NO6/c1-7-13-19-25-50-40-30-35-36-31-42(52-27-21-15-9-3)43(53-28-22-16-10-4)33-38(36)46-39(37(35)32-41(40)51-26-20-14-8-2)34-44(54-29-23-17-11-5)48-47(46)49-45(55-48)24-18-12-6/h12,30-34H,6-11,13-29H2,1-5H3. The van der Waals surface area contributed by atoms with Crippen LogP contribution in [0.2, 0.25) is 0 Å². The Morgan fingerprint density at radius 2 is 0.836 bits per heavy atom. The van der Waals surface area contributed by atoms with Gasteiger partial charge in [0.25, 0.3) is 0 Å². The SMILES string of the molecule is C=CCCc1nc2c(o1)c(OCCCCC)cc1c3cc(OCCCCC)c(OCCCCC)cc3c3cc(OCCCCC)c(OCCCCC)cc3c12. The molecule has 300 valence electrons. The summed E-state index contributed by atoms with van der Waals surface area (Å²) in [5, 5.41) is 6.26. The van der Waals surface area contributed by atoms with Gasteiger partial charge in [0.15, 0.2) is 40.2 Å². The zero-order valence-corrected chi connectivity index (χ0v) is 34.6. The van der Waals surface area contributed by atoms with Crippen LogP contribution < -0.4 is 23.7 Å². The minimum absolute atomic E-state index is 0.610. The summed E-state index contributed by atoms with van der Waals surface area (Å²) in [4.78, 5) is 5.19. The van der Waals surface area contributed by atoms with Crippen LogP contribution in [0.5, 0.6) is 28.7 Å². The van der Waals surface area contributed by atoms with Crippen LogP contribution in [-0.2, 0) is 6.42 Å². The number of hydrogen-bond acceptors (Lipinski definition) is 7. The molecule has 55 heavy (non-hydrogen) atoms. The summed E-state index contributed by atoms with van der Waals surface area (Å²) in [5.74, 6) is 4.47. The van der Waals surface area contributed by atoms with E-state index in [-0.39, 0.29) is 0 Å². The minimum Gasteiger partial charge on any atom is -0.490 e. The number of nitrogens with zero attached hydrogens (tertiary/aromatic N) is 1. The molecule has 0 aliphatic heterocycles. The number of ether oxygens (including phenoxy) is 5. The second-order valence-corrected chi connectivity index (χ2v) is 14.9. The van der Waals surface area contributed by atoms with Crippen molar-refractivity contribution in [3.8, 4) is 28.7 Å². The number of unbranched alkanes of at least 4 members (excludes halogenated alkanes) is 10. The lowest BCUT2D eigenvalue weighted by Gasteiger charge is -2.20. The van der Waals surface area contributed by atoms with Crippen LogP contribution in [0.25, 0.3) is 43.4 Å². The van der Waals surface area contributed by atoms with Gasteiger partial charge in [0.2, 0.25) is 0 Å². The minimum atomic E-state index is 0.610. The molecule has 0 unspecified atom stereocenters. The molecule has 1 heterocycles. The van der Waals surface area contributed by atoms with E-state index in [4.69, 9.17) is 33.1 Å². The van der Waals surface area contributed by atoms with Crippen molar-refractivity contribution >= 4 is 43.4 Å². The molecular formula is C48H67NO6. The van der Waals surface area contributed by atoms with Gasteiger partial charge in [-0.25, -0.2) is 4.98 Å². The fourth-order valence-electron chi connectivity index (χ4n) is 7.14. The van der Waals surface area contributed by atoms with E-state index in [2.05, 4.69) is 71.5 Å². The number of aryl methyl sites for hydroxylation is 1. The summed E-state index contributed by atoms with van der Waals surface area (Å²) in [6.07, 6.45) is 19.5. The Balaban J connectivity index is 1.83. The van der Waals surface area contributed by atoms with Crippen molar-refractivity contribution < 1.29 is 28.1 Å². The normalized spacial score (nSPS) is 11.6. The van der Waals surface area contributed by atoms with E-state index in [1.165, 1.54) is 0 Å². The fourth-order valence-corrected chi connectivity index (χ4v) is 7.14.